The summed E-state index contributed by atoms with van der Waals surface area (Å²) in [6.07, 6.45) is 3.54. The number of hydrogen-bond donors (Lipinski definition) is 0. The molecule has 0 bridgehead atoms. The molecule has 0 spiro atoms. The highest BCUT2D eigenvalue weighted by Crippen LogP contribution is 2.28. The molecular formula is C21H16N6OS2. The molecule has 1 aromatic carbocycles. The number of benzene rings is 1. The van der Waals surface area contributed by atoms with Crippen LogP contribution in [0.5, 0.6) is 0 Å². The molecule has 0 atom stereocenters. The Morgan fingerprint density at radius 3 is 2.73 bits per heavy atom. The van der Waals surface area contributed by atoms with Crippen LogP contribution in [0.4, 0.5) is 0 Å². The predicted molar refractivity (Wildman–Crippen MR) is 116 cm³/mol. The van der Waals surface area contributed by atoms with Crippen LogP contribution in [0.2, 0.25) is 0 Å². The summed E-state index contributed by atoms with van der Waals surface area (Å²) in [6.45, 7) is 0.657. The fourth-order valence-electron chi connectivity index (χ4n) is 2.96. The number of thioether (sulfide) groups is 1. The first kappa shape index (κ1) is 18.7. The zero-order valence-corrected chi connectivity index (χ0v) is 17.4. The summed E-state index contributed by atoms with van der Waals surface area (Å²) in [5, 5.41) is 15.7. The molecule has 0 saturated carbocycles. The van der Waals surface area contributed by atoms with Gasteiger partial charge in [0.25, 0.3) is 0 Å². The molecule has 30 heavy (non-hydrogen) atoms. The van der Waals surface area contributed by atoms with E-state index < -0.39 is 0 Å². The van der Waals surface area contributed by atoms with Crippen molar-refractivity contribution in [3.63, 3.8) is 0 Å². The highest BCUT2D eigenvalue weighted by atomic mass is 32.2. The minimum Gasteiger partial charge on any atom is -0.338 e. The maximum absolute atomic E-state index is 5.42. The van der Waals surface area contributed by atoms with Gasteiger partial charge in [0.1, 0.15) is 0 Å². The molecule has 148 valence electrons. The SMILES string of the molecule is c1ccc(Cn2c(SCc3nc(-c4cccs4)no3)nnc2-c2cccnc2)cc1. The van der Waals surface area contributed by atoms with Gasteiger partial charge in [-0.3, -0.25) is 9.55 Å². The van der Waals surface area contributed by atoms with Crippen molar-refractivity contribution in [2.75, 3.05) is 0 Å². The van der Waals surface area contributed by atoms with Gasteiger partial charge in [-0.25, -0.2) is 0 Å². The molecule has 7 nitrogen and oxygen atoms in total. The largest absolute Gasteiger partial charge is 0.338 e. The van der Waals surface area contributed by atoms with Gasteiger partial charge in [0, 0.05) is 18.0 Å². The number of pyridine rings is 1. The minimum absolute atomic E-state index is 0.512. The van der Waals surface area contributed by atoms with E-state index in [-0.39, 0.29) is 0 Å². The Morgan fingerprint density at radius 2 is 1.93 bits per heavy atom. The summed E-state index contributed by atoms with van der Waals surface area (Å²) >= 11 is 3.11. The van der Waals surface area contributed by atoms with Gasteiger partial charge in [0.2, 0.25) is 11.7 Å². The van der Waals surface area contributed by atoms with Crippen LogP contribution in [-0.4, -0.2) is 29.9 Å². The van der Waals surface area contributed by atoms with Crippen LogP contribution >= 0.6 is 23.1 Å². The molecule has 0 N–H and O–H groups in total. The monoisotopic (exact) mass is 432 g/mol. The topological polar surface area (TPSA) is 82.5 Å². The molecule has 5 aromatic rings. The third-order valence-corrected chi connectivity index (χ3v) is 6.17. The lowest BCUT2D eigenvalue weighted by Gasteiger charge is -2.10. The first-order chi connectivity index (χ1) is 14.9. The molecule has 0 aliphatic rings. The third-order valence-electron chi connectivity index (χ3n) is 4.35. The van der Waals surface area contributed by atoms with Crippen molar-refractivity contribution in [1.29, 1.82) is 0 Å². The fourth-order valence-corrected chi connectivity index (χ4v) is 4.38. The van der Waals surface area contributed by atoms with Crippen LogP contribution in [-0.2, 0) is 12.3 Å². The van der Waals surface area contributed by atoms with Crippen LogP contribution in [0, 0.1) is 0 Å². The molecule has 4 aromatic heterocycles. The lowest BCUT2D eigenvalue weighted by atomic mass is 10.2. The molecule has 0 amide bonds. The Hall–Kier alpha value is -3.30. The zero-order chi connectivity index (χ0) is 20.2. The number of rotatable bonds is 7. The second-order valence-corrected chi connectivity index (χ2v) is 8.29. The van der Waals surface area contributed by atoms with Gasteiger partial charge in [-0.15, -0.1) is 21.5 Å². The standard InChI is InChI=1S/C21H16N6OS2/c1-2-6-15(7-3-1)13-27-20(16-8-4-10-22-12-16)24-25-21(27)30-14-18-23-19(26-28-18)17-9-5-11-29-17/h1-12H,13-14H2. The van der Waals surface area contributed by atoms with E-state index in [9.17, 15) is 0 Å². The summed E-state index contributed by atoms with van der Waals surface area (Å²) < 4.78 is 7.51. The van der Waals surface area contributed by atoms with Gasteiger partial charge < -0.3 is 4.52 Å². The Labute approximate surface area is 180 Å². The van der Waals surface area contributed by atoms with E-state index in [1.807, 2.05) is 47.8 Å². The van der Waals surface area contributed by atoms with Crippen LogP contribution in [0.3, 0.4) is 0 Å². The Kier molecular flexibility index (Phi) is 5.36. The summed E-state index contributed by atoms with van der Waals surface area (Å²) in [5.41, 5.74) is 2.09. The average molecular weight is 433 g/mol. The van der Waals surface area contributed by atoms with E-state index in [1.54, 1.807) is 23.7 Å². The van der Waals surface area contributed by atoms with Gasteiger partial charge in [0.05, 0.1) is 17.2 Å². The highest BCUT2D eigenvalue weighted by molar-refractivity contribution is 7.98. The van der Waals surface area contributed by atoms with Crippen molar-refractivity contribution in [2.24, 2.45) is 0 Å². The quantitative estimate of drug-likeness (QED) is 0.342. The number of nitrogens with zero attached hydrogens (tertiary/aromatic N) is 6. The van der Waals surface area contributed by atoms with E-state index in [0.717, 1.165) is 21.4 Å². The predicted octanol–water partition coefficient (Wildman–Crippen LogP) is 4.79. The lowest BCUT2D eigenvalue weighted by molar-refractivity contribution is 0.391. The molecule has 0 unspecified atom stereocenters. The van der Waals surface area contributed by atoms with Crippen LogP contribution in [0.15, 0.2) is 82.1 Å². The van der Waals surface area contributed by atoms with Gasteiger partial charge in [-0.05, 0) is 29.1 Å². The Bertz CT molecular complexity index is 1220. The van der Waals surface area contributed by atoms with Gasteiger partial charge in [0.15, 0.2) is 11.0 Å². The van der Waals surface area contributed by atoms with Crippen molar-refractivity contribution >= 4 is 23.1 Å². The van der Waals surface area contributed by atoms with Crippen LogP contribution < -0.4 is 0 Å². The number of aromatic nitrogens is 6. The second-order valence-electron chi connectivity index (χ2n) is 6.40. The van der Waals surface area contributed by atoms with Crippen LogP contribution in [0.1, 0.15) is 11.5 Å². The summed E-state index contributed by atoms with van der Waals surface area (Å²) in [7, 11) is 0. The van der Waals surface area contributed by atoms with Crippen molar-refractivity contribution in [2.45, 2.75) is 17.5 Å². The molecule has 4 heterocycles. The van der Waals surface area contributed by atoms with E-state index >= 15 is 0 Å². The molecule has 9 heteroatoms. The van der Waals surface area contributed by atoms with E-state index in [1.165, 1.54) is 17.3 Å². The lowest BCUT2D eigenvalue weighted by Crippen LogP contribution is -2.04. The molecule has 0 saturated heterocycles. The van der Waals surface area contributed by atoms with Gasteiger partial charge >= 0.3 is 0 Å². The van der Waals surface area contributed by atoms with Gasteiger partial charge in [-0.2, -0.15) is 4.98 Å². The summed E-state index contributed by atoms with van der Waals surface area (Å²) in [5.74, 6) is 2.46. The third kappa shape index (κ3) is 4.03. The summed E-state index contributed by atoms with van der Waals surface area (Å²) in [6, 6.07) is 18.1. The minimum atomic E-state index is 0.512. The van der Waals surface area contributed by atoms with Gasteiger partial charge in [-0.1, -0.05) is 53.3 Å². The first-order valence-electron chi connectivity index (χ1n) is 9.23. The number of thiophene rings is 1. The molecular weight excluding hydrogens is 416 g/mol. The normalized spacial score (nSPS) is 11.1. The second kappa shape index (κ2) is 8.60. The highest BCUT2D eigenvalue weighted by Gasteiger charge is 2.17. The fraction of sp³-hybridized carbons (Fsp3) is 0.0952. The first-order valence-corrected chi connectivity index (χ1v) is 11.1. The van der Waals surface area contributed by atoms with E-state index in [0.29, 0.717) is 24.0 Å². The van der Waals surface area contributed by atoms with Crippen molar-refractivity contribution < 1.29 is 4.52 Å². The maximum atomic E-state index is 5.42. The summed E-state index contributed by atoms with van der Waals surface area (Å²) in [4.78, 5) is 9.70. The smallest absolute Gasteiger partial charge is 0.237 e. The maximum Gasteiger partial charge on any atom is 0.237 e. The van der Waals surface area contributed by atoms with Crippen molar-refractivity contribution in [3.8, 4) is 22.1 Å². The zero-order valence-electron chi connectivity index (χ0n) is 15.8. The van der Waals surface area contributed by atoms with Crippen LogP contribution in [0.25, 0.3) is 22.1 Å². The molecule has 0 aliphatic carbocycles. The molecule has 0 radical (unpaired) electrons. The number of hydrogen-bond acceptors (Lipinski definition) is 8. The van der Waals surface area contributed by atoms with E-state index in [2.05, 4.69) is 42.0 Å². The van der Waals surface area contributed by atoms with E-state index in [4.69, 9.17) is 4.52 Å². The molecule has 0 fully saturated rings. The molecule has 0 aliphatic heterocycles. The Morgan fingerprint density at radius 1 is 1.00 bits per heavy atom. The average Bonchev–Trinajstić information content (AvgIpc) is 3.55. The van der Waals surface area contributed by atoms with Crippen molar-refractivity contribution in [3.05, 3.63) is 83.8 Å². The Balaban J connectivity index is 1.41. The van der Waals surface area contributed by atoms with Crippen molar-refractivity contribution in [1.82, 2.24) is 29.9 Å². The molecule has 5 rings (SSSR count).